The fraction of sp³-hybridized carbons (Fsp3) is 0.600. The van der Waals surface area contributed by atoms with E-state index in [9.17, 15) is 14.0 Å². The Morgan fingerprint density at radius 1 is 1.31 bits per heavy atom. The highest BCUT2D eigenvalue weighted by atomic mass is 19.1. The van der Waals surface area contributed by atoms with Gasteiger partial charge in [-0.2, -0.15) is 0 Å². The molecule has 2 amide bonds. The maximum atomic E-state index is 13.2. The van der Waals surface area contributed by atoms with Gasteiger partial charge in [0.15, 0.2) is 0 Å². The fourth-order valence-corrected chi connectivity index (χ4v) is 3.42. The van der Waals surface area contributed by atoms with Gasteiger partial charge in [-0.25, -0.2) is 4.39 Å². The van der Waals surface area contributed by atoms with E-state index < -0.39 is 11.9 Å². The number of rotatable bonds is 6. The van der Waals surface area contributed by atoms with E-state index >= 15 is 0 Å². The number of hydrogen-bond donors (Lipinski definition) is 2. The van der Waals surface area contributed by atoms with Crippen molar-refractivity contribution in [3.8, 4) is 0 Å². The molecule has 0 heterocycles. The van der Waals surface area contributed by atoms with Crippen molar-refractivity contribution in [2.24, 2.45) is 11.8 Å². The first-order valence-electron chi connectivity index (χ1n) is 9.34. The Labute approximate surface area is 155 Å². The van der Waals surface area contributed by atoms with E-state index in [2.05, 4.69) is 24.5 Å². The summed E-state index contributed by atoms with van der Waals surface area (Å²) < 4.78 is 13.2. The highest BCUT2D eigenvalue weighted by molar-refractivity contribution is 5.92. The first-order valence-corrected chi connectivity index (χ1v) is 9.34. The number of carbonyl (C=O) groups excluding carboxylic acids is 2. The summed E-state index contributed by atoms with van der Waals surface area (Å²) in [4.78, 5) is 26.4. The third-order valence-corrected chi connectivity index (χ3v) is 5.58. The Kier molecular flexibility index (Phi) is 7.14. The molecule has 1 aromatic carbocycles. The molecule has 1 fully saturated rings. The maximum Gasteiger partial charge on any atom is 0.238 e. The van der Waals surface area contributed by atoms with E-state index in [0.29, 0.717) is 17.5 Å². The van der Waals surface area contributed by atoms with E-state index in [1.165, 1.54) is 24.6 Å². The molecule has 2 rings (SSSR count). The summed E-state index contributed by atoms with van der Waals surface area (Å²) in [6.07, 6.45) is 3.35. The molecule has 26 heavy (non-hydrogen) atoms. The Bertz CT molecular complexity index is 637. The zero-order valence-electron chi connectivity index (χ0n) is 16.1. The maximum absolute atomic E-state index is 13.2. The van der Waals surface area contributed by atoms with E-state index in [-0.39, 0.29) is 24.4 Å². The first kappa shape index (κ1) is 20.4. The largest absolute Gasteiger partial charge is 0.352 e. The molecule has 1 aromatic rings. The van der Waals surface area contributed by atoms with Crippen LogP contribution in [0.1, 0.15) is 40.0 Å². The van der Waals surface area contributed by atoms with E-state index in [0.717, 1.165) is 12.8 Å². The summed E-state index contributed by atoms with van der Waals surface area (Å²) in [6, 6.07) is 5.53. The SMILES string of the molecule is C[C@@H]1[C@@H](C)CCC[C@H]1NC(=O)[C@@H](C)N(C)CC(=O)Nc1cccc(F)c1. The summed E-state index contributed by atoms with van der Waals surface area (Å²) in [6.45, 7) is 6.27. The molecule has 1 saturated carbocycles. The Morgan fingerprint density at radius 3 is 2.73 bits per heavy atom. The van der Waals surface area contributed by atoms with Crippen molar-refractivity contribution in [3.63, 3.8) is 0 Å². The van der Waals surface area contributed by atoms with Gasteiger partial charge in [-0.05, 0) is 50.4 Å². The molecule has 0 unspecified atom stereocenters. The number of hydrogen-bond acceptors (Lipinski definition) is 3. The van der Waals surface area contributed by atoms with Crippen LogP contribution >= 0.6 is 0 Å². The summed E-state index contributed by atoms with van der Waals surface area (Å²) in [5, 5.41) is 5.80. The Hall–Kier alpha value is -1.95. The standard InChI is InChI=1S/C20H30FN3O2/c1-13-7-5-10-18(14(13)2)23-20(26)15(3)24(4)12-19(25)22-17-9-6-8-16(21)11-17/h6,8-9,11,13-15,18H,5,7,10,12H2,1-4H3,(H,22,25)(H,23,26)/t13-,14+,15+,18+/m0/s1. The van der Waals surface area contributed by atoms with Crippen molar-refractivity contribution in [2.45, 2.75) is 52.1 Å². The predicted octanol–water partition coefficient (Wildman–Crippen LogP) is 3.03. The lowest BCUT2D eigenvalue weighted by Crippen LogP contribution is -2.51. The number of nitrogens with one attached hydrogen (secondary N) is 2. The van der Waals surface area contributed by atoms with Gasteiger partial charge in [-0.15, -0.1) is 0 Å². The van der Waals surface area contributed by atoms with Crippen LogP contribution in [0, 0.1) is 17.7 Å². The van der Waals surface area contributed by atoms with Gasteiger partial charge in [0, 0.05) is 11.7 Å². The second kappa shape index (κ2) is 9.12. The average molecular weight is 363 g/mol. The highest BCUT2D eigenvalue weighted by Gasteiger charge is 2.30. The van der Waals surface area contributed by atoms with E-state index in [1.54, 1.807) is 24.9 Å². The van der Waals surface area contributed by atoms with Crippen LogP contribution in [0.3, 0.4) is 0 Å². The molecule has 1 aliphatic carbocycles. The van der Waals surface area contributed by atoms with Crippen LogP contribution in [0.25, 0.3) is 0 Å². The minimum absolute atomic E-state index is 0.0573. The molecule has 6 heteroatoms. The monoisotopic (exact) mass is 363 g/mol. The lowest BCUT2D eigenvalue weighted by atomic mass is 9.78. The number of likely N-dealkylation sites (N-methyl/N-ethyl adjacent to an activating group) is 1. The van der Waals surface area contributed by atoms with Gasteiger partial charge >= 0.3 is 0 Å². The molecule has 0 aromatic heterocycles. The number of amides is 2. The molecule has 0 aliphatic heterocycles. The van der Waals surface area contributed by atoms with Crippen molar-refractivity contribution in [2.75, 3.05) is 18.9 Å². The molecule has 1 aliphatic rings. The number of benzene rings is 1. The van der Waals surface area contributed by atoms with Crippen LogP contribution in [0.2, 0.25) is 0 Å². The van der Waals surface area contributed by atoms with Gasteiger partial charge in [0.1, 0.15) is 5.82 Å². The lowest BCUT2D eigenvalue weighted by Gasteiger charge is -2.36. The van der Waals surface area contributed by atoms with E-state index in [4.69, 9.17) is 0 Å². The van der Waals surface area contributed by atoms with Gasteiger partial charge in [0.05, 0.1) is 12.6 Å². The Morgan fingerprint density at radius 2 is 2.04 bits per heavy atom. The van der Waals surface area contributed by atoms with Gasteiger partial charge in [-0.3, -0.25) is 14.5 Å². The molecule has 0 radical (unpaired) electrons. The van der Waals surface area contributed by atoms with Crippen LogP contribution in [-0.4, -0.2) is 42.4 Å². The summed E-state index contributed by atoms with van der Waals surface area (Å²) in [5.41, 5.74) is 0.408. The molecule has 4 atom stereocenters. The van der Waals surface area contributed by atoms with Crippen LogP contribution in [-0.2, 0) is 9.59 Å². The van der Waals surface area contributed by atoms with Gasteiger partial charge in [-0.1, -0.05) is 32.8 Å². The number of halogens is 1. The molecule has 0 saturated heterocycles. The van der Waals surface area contributed by atoms with Crippen LogP contribution in [0.4, 0.5) is 10.1 Å². The molecule has 0 bridgehead atoms. The third kappa shape index (κ3) is 5.53. The molecule has 5 nitrogen and oxygen atoms in total. The Balaban J connectivity index is 1.84. The first-order chi connectivity index (χ1) is 12.3. The zero-order chi connectivity index (χ0) is 19.3. The van der Waals surface area contributed by atoms with Crippen molar-refractivity contribution in [3.05, 3.63) is 30.1 Å². The quantitative estimate of drug-likeness (QED) is 0.817. The molecule has 2 N–H and O–H groups in total. The van der Waals surface area contributed by atoms with Crippen LogP contribution < -0.4 is 10.6 Å². The highest BCUT2D eigenvalue weighted by Crippen LogP contribution is 2.29. The molecular formula is C20H30FN3O2. The van der Waals surface area contributed by atoms with E-state index in [1.807, 2.05) is 0 Å². The minimum atomic E-state index is -0.419. The summed E-state index contributed by atoms with van der Waals surface area (Å²) in [5.74, 6) is 0.328. The lowest BCUT2D eigenvalue weighted by molar-refractivity contribution is -0.127. The number of anilines is 1. The smallest absolute Gasteiger partial charge is 0.238 e. The third-order valence-electron chi connectivity index (χ3n) is 5.58. The number of carbonyl (C=O) groups is 2. The molecular weight excluding hydrogens is 333 g/mol. The second-order valence-electron chi connectivity index (χ2n) is 7.53. The number of nitrogens with zero attached hydrogens (tertiary/aromatic N) is 1. The predicted molar refractivity (Wildman–Crippen MR) is 101 cm³/mol. The van der Waals surface area contributed by atoms with Gasteiger partial charge in [0.2, 0.25) is 11.8 Å². The second-order valence-corrected chi connectivity index (χ2v) is 7.53. The van der Waals surface area contributed by atoms with Crippen molar-refractivity contribution < 1.29 is 14.0 Å². The molecule has 0 spiro atoms. The van der Waals surface area contributed by atoms with Gasteiger partial charge in [0.25, 0.3) is 0 Å². The van der Waals surface area contributed by atoms with Crippen LogP contribution in [0.15, 0.2) is 24.3 Å². The van der Waals surface area contributed by atoms with Crippen molar-refractivity contribution in [1.82, 2.24) is 10.2 Å². The summed E-state index contributed by atoms with van der Waals surface area (Å²) >= 11 is 0. The minimum Gasteiger partial charge on any atom is -0.352 e. The molecule has 144 valence electrons. The van der Waals surface area contributed by atoms with Crippen molar-refractivity contribution in [1.29, 1.82) is 0 Å². The fourth-order valence-electron chi connectivity index (χ4n) is 3.42. The van der Waals surface area contributed by atoms with Crippen LogP contribution in [0.5, 0.6) is 0 Å². The normalized spacial score (nSPS) is 24.2. The zero-order valence-corrected chi connectivity index (χ0v) is 16.1. The van der Waals surface area contributed by atoms with Gasteiger partial charge < -0.3 is 10.6 Å². The summed E-state index contributed by atoms with van der Waals surface area (Å²) in [7, 11) is 1.74. The van der Waals surface area contributed by atoms with Crippen molar-refractivity contribution >= 4 is 17.5 Å². The average Bonchev–Trinajstić information content (AvgIpc) is 2.58. The topological polar surface area (TPSA) is 61.4 Å².